The SMILES string of the molecule is CC.Cc1cccc2cc(-c3ccccc3)cc(C3(C)C=NC=CC3)c12. The lowest BCUT2D eigenvalue weighted by Crippen LogP contribution is -2.25. The first-order valence-electron chi connectivity index (χ1n) is 9.46. The zero-order valence-electron chi connectivity index (χ0n) is 16.2. The van der Waals surface area contributed by atoms with Crippen LogP contribution in [0.2, 0.25) is 0 Å². The average molecular weight is 341 g/mol. The van der Waals surface area contributed by atoms with Crippen molar-refractivity contribution in [1.82, 2.24) is 0 Å². The van der Waals surface area contributed by atoms with E-state index in [1.54, 1.807) is 0 Å². The van der Waals surface area contributed by atoms with Crippen LogP contribution in [0, 0.1) is 6.92 Å². The summed E-state index contributed by atoms with van der Waals surface area (Å²) >= 11 is 0. The third-order valence-corrected chi connectivity index (χ3v) is 5.00. The number of nitrogens with zero attached hydrogens (tertiary/aromatic N) is 1. The summed E-state index contributed by atoms with van der Waals surface area (Å²) in [5.74, 6) is 0. The van der Waals surface area contributed by atoms with E-state index in [9.17, 15) is 0 Å². The van der Waals surface area contributed by atoms with Gasteiger partial charge >= 0.3 is 0 Å². The summed E-state index contributed by atoms with van der Waals surface area (Å²) in [6, 6.07) is 21.9. The molecular weight excluding hydrogens is 314 g/mol. The molecule has 0 amide bonds. The zero-order valence-corrected chi connectivity index (χ0v) is 16.2. The van der Waals surface area contributed by atoms with Crippen LogP contribution in [0.4, 0.5) is 0 Å². The van der Waals surface area contributed by atoms with Crippen molar-refractivity contribution >= 4 is 17.0 Å². The molecule has 132 valence electrons. The molecule has 3 aromatic carbocycles. The fourth-order valence-electron chi connectivity index (χ4n) is 3.66. The van der Waals surface area contributed by atoms with E-state index in [2.05, 4.69) is 91.8 Å². The van der Waals surface area contributed by atoms with E-state index in [1.165, 1.54) is 33.0 Å². The highest BCUT2D eigenvalue weighted by molar-refractivity contribution is 5.96. The Kier molecular flexibility index (Phi) is 5.37. The zero-order chi connectivity index (χ0) is 18.6. The van der Waals surface area contributed by atoms with E-state index in [0.717, 1.165) is 6.42 Å². The summed E-state index contributed by atoms with van der Waals surface area (Å²) < 4.78 is 0. The highest BCUT2D eigenvalue weighted by atomic mass is 14.7. The van der Waals surface area contributed by atoms with Gasteiger partial charge < -0.3 is 0 Å². The normalized spacial score (nSPS) is 18.5. The third-order valence-electron chi connectivity index (χ3n) is 5.00. The summed E-state index contributed by atoms with van der Waals surface area (Å²) in [4.78, 5) is 4.44. The van der Waals surface area contributed by atoms with Gasteiger partial charge in [0.25, 0.3) is 0 Å². The van der Waals surface area contributed by atoms with Gasteiger partial charge in [-0.2, -0.15) is 0 Å². The largest absolute Gasteiger partial charge is 0.268 e. The topological polar surface area (TPSA) is 12.4 Å². The summed E-state index contributed by atoms with van der Waals surface area (Å²) in [6.45, 7) is 8.49. The maximum Gasteiger partial charge on any atom is 0.0319 e. The second-order valence-electron chi connectivity index (χ2n) is 6.85. The van der Waals surface area contributed by atoms with E-state index < -0.39 is 0 Å². The predicted molar refractivity (Wildman–Crippen MR) is 115 cm³/mol. The molecule has 1 aliphatic rings. The van der Waals surface area contributed by atoms with Crippen molar-refractivity contribution in [3.8, 4) is 11.1 Å². The molecule has 0 spiro atoms. The molecule has 0 aromatic heterocycles. The molecule has 0 saturated heterocycles. The molecule has 4 rings (SSSR count). The van der Waals surface area contributed by atoms with Crippen molar-refractivity contribution in [3.05, 3.63) is 84.1 Å². The molecule has 3 aromatic rings. The van der Waals surface area contributed by atoms with Crippen molar-refractivity contribution in [2.75, 3.05) is 0 Å². The van der Waals surface area contributed by atoms with Crippen LogP contribution >= 0.6 is 0 Å². The fraction of sp³-hybridized carbons (Fsp3) is 0.240. The smallest absolute Gasteiger partial charge is 0.0319 e. The standard InChI is InChI=1S/C23H21N.C2H6/c1-17-8-6-11-19-14-20(18-9-4-3-5-10-18)15-21(22(17)19)23(2)12-7-13-24-16-23;1-2/h3-11,13-16H,12H2,1-2H3;1-2H3. The number of aliphatic imine (C=N–C) groups is 1. The van der Waals surface area contributed by atoms with E-state index >= 15 is 0 Å². The second kappa shape index (κ2) is 7.70. The Bertz CT molecular complexity index is 951. The molecule has 0 fully saturated rings. The molecular formula is C25H27N. The van der Waals surface area contributed by atoms with Gasteiger partial charge in [-0.15, -0.1) is 0 Å². The van der Waals surface area contributed by atoms with E-state index in [-0.39, 0.29) is 5.41 Å². The monoisotopic (exact) mass is 341 g/mol. The molecule has 1 heterocycles. The summed E-state index contributed by atoms with van der Waals surface area (Å²) in [5.41, 5.74) is 5.16. The van der Waals surface area contributed by atoms with Gasteiger partial charge in [0.2, 0.25) is 0 Å². The molecule has 1 aliphatic heterocycles. The van der Waals surface area contributed by atoms with Gasteiger partial charge in [0.05, 0.1) is 0 Å². The molecule has 26 heavy (non-hydrogen) atoms. The molecule has 1 atom stereocenters. The maximum atomic E-state index is 4.44. The lowest BCUT2D eigenvalue weighted by Gasteiger charge is -2.29. The Balaban J connectivity index is 0.000000948. The minimum absolute atomic E-state index is 0.0656. The Labute approximate surface area is 157 Å². The maximum absolute atomic E-state index is 4.44. The van der Waals surface area contributed by atoms with Crippen LogP contribution in [-0.2, 0) is 5.41 Å². The van der Waals surface area contributed by atoms with Crippen molar-refractivity contribution in [3.63, 3.8) is 0 Å². The molecule has 1 heteroatoms. The second-order valence-corrected chi connectivity index (χ2v) is 6.85. The van der Waals surface area contributed by atoms with Gasteiger partial charge in [-0.05, 0) is 58.5 Å². The Morgan fingerprint density at radius 1 is 0.885 bits per heavy atom. The fourth-order valence-corrected chi connectivity index (χ4v) is 3.66. The number of allylic oxidation sites excluding steroid dienone is 1. The van der Waals surface area contributed by atoms with Crippen LogP contribution in [0.3, 0.4) is 0 Å². The highest BCUT2D eigenvalue weighted by Crippen LogP contribution is 2.38. The molecule has 0 aliphatic carbocycles. The Hall–Kier alpha value is -2.67. The van der Waals surface area contributed by atoms with Gasteiger partial charge in [-0.1, -0.05) is 75.4 Å². The molecule has 0 saturated carbocycles. The van der Waals surface area contributed by atoms with Crippen LogP contribution in [0.25, 0.3) is 21.9 Å². The molecule has 1 nitrogen and oxygen atoms in total. The summed E-state index contributed by atoms with van der Waals surface area (Å²) in [7, 11) is 0. The van der Waals surface area contributed by atoms with Gasteiger partial charge in [-0.25, -0.2) is 0 Å². The third kappa shape index (κ3) is 3.35. The van der Waals surface area contributed by atoms with Crippen LogP contribution in [0.1, 0.15) is 38.3 Å². The van der Waals surface area contributed by atoms with Crippen LogP contribution in [0.5, 0.6) is 0 Å². The van der Waals surface area contributed by atoms with E-state index in [0.29, 0.717) is 0 Å². The van der Waals surface area contributed by atoms with Gasteiger partial charge in [0.15, 0.2) is 0 Å². The summed E-state index contributed by atoms with van der Waals surface area (Å²) in [5, 5.41) is 2.66. The van der Waals surface area contributed by atoms with Crippen molar-refractivity contribution in [1.29, 1.82) is 0 Å². The minimum atomic E-state index is -0.0656. The highest BCUT2D eigenvalue weighted by Gasteiger charge is 2.28. The minimum Gasteiger partial charge on any atom is -0.268 e. The van der Waals surface area contributed by atoms with Gasteiger partial charge in [0, 0.05) is 17.8 Å². The molecule has 1 unspecified atom stereocenters. The Morgan fingerprint density at radius 3 is 2.35 bits per heavy atom. The number of hydrogen-bond donors (Lipinski definition) is 0. The van der Waals surface area contributed by atoms with Crippen molar-refractivity contribution < 1.29 is 0 Å². The quantitative estimate of drug-likeness (QED) is 0.472. The van der Waals surface area contributed by atoms with E-state index in [1.807, 2.05) is 20.0 Å². The predicted octanol–water partition coefficient (Wildman–Crippen LogP) is 7.09. The number of benzene rings is 3. The van der Waals surface area contributed by atoms with Crippen LogP contribution in [0.15, 0.2) is 77.9 Å². The van der Waals surface area contributed by atoms with E-state index in [4.69, 9.17) is 0 Å². The van der Waals surface area contributed by atoms with Gasteiger partial charge in [0.1, 0.15) is 0 Å². The lowest BCUT2D eigenvalue weighted by molar-refractivity contribution is 0.661. The first-order chi connectivity index (χ1) is 12.7. The van der Waals surface area contributed by atoms with Gasteiger partial charge in [-0.3, -0.25) is 4.99 Å². The first kappa shape index (κ1) is 18.1. The lowest BCUT2D eigenvalue weighted by atomic mass is 9.75. The molecule has 0 radical (unpaired) electrons. The molecule has 0 N–H and O–H groups in total. The first-order valence-corrected chi connectivity index (χ1v) is 9.46. The van der Waals surface area contributed by atoms with Crippen molar-refractivity contribution in [2.24, 2.45) is 4.99 Å². The number of aryl methyl sites for hydroxylation is 1. The number of fused-ring (bicyclic) bond motifs is 1. The number of hydrogen-bond acceptors (Lipinski definition) is 1. The number of rotatable bonds is 2. The van der Waals surface area contributed by atoms with Crippen LogP contribution in [-0.4, -0.2) is 6.21 Å². The average Bonchev–Trinajstić information content (AvgIpc) is 2.70. The van der Waals surface area contributed by atoms with Crippen molar-refractivity contribution in [2.45, 2.75) is 39.5 Å². The summed E-state index contributed by atoms with van der Waals surface area (Å²) in [6.07, 6.45) is 7.15. The Morgan fingerprint density at radius 2 is 1.65 bits per heavy atom. The molecule has 0 bridgehead atoms. The van der Waals surface area contributed by atoms with Crippen LogP contribution < -0.4 is 0 Å².